The number of hydrogen-bond acceptors (Lipinski definition) is 8. The Morgan fingerprint density at radius 2 is 1.91 bits per heavy atom. The lowest BCUT2D eigenvalue weighted by Crippen LogP contribution is -2.34. The van der Waals surface area contributed by atoms with Crippen molar-refractivity contribution in [3.8, 4) is 23.0 Å². The van der Waals surface area contributed by atoms with Crippen molar-refractivity contribution in [2.24, 2.45) is 0 Å². The van der Waals surface area contributed by atoms with Crippen molar-refractivity contribution in [2.45, 2.75) is 6.92 Å². The molecule has 0 unspecified atom stereocenters. The Labute approximate surface area is 205 Å². The largest absolute Gasteiger partial charge is 0.497 e. The van der Waals surface area contributed by atoms with Crippen LogP contribution in [0.15, 0.2) is 65.1 Å². The molecule has 0 saturated carbocycles. The fraction of sp³-hybridized carbons (Fsp3) is 0.125. The summed E-state index contributed by atoms with van der Waals surface area (Å²) in [4.78, 5) is 27.7. The second kappa shape index (κ2) is 10.2. The van der Waals surface area contributed by atoms with Crippen molar-refractivity contribution in [2.75, 3.05) is 19.0 Å². The highest BCUT2D eigenvalue weighted by molar-refractivity contribution is 7.80. The van der Waals surface area contributed by atoms with E-state index in [4.69, 9.17) is 26.1 Å². The Balaban J connectivity index is 1.42. The summed E-state index contributed by atoms with van der Waals surface area (Å²) >= 11 is 5.21. The molecule has 0 aliphatic rings. The molecule has 3 aromatic carbocycles. The van der Waals surface area contributed by atoms with E-state index in [0.29, 0.717) is 28.4 Å². The van der Waals surface area contributed by atoms with Gasteiger partial charge < -0.3 is 19.2 Å². The molecule has 0 radical (unpaired) electrons. The molecule has 4 aromatic rings. The zero-order valence-corrected chi connectivity index (χ0v) is 19.5. The van der Waals surface area contributed by atoms with Crippen LogP contribution < -0.4 is 20.1 Å². The van der Waals surface area contributed by atoms with Crippen molar-refractivity contribution >= 4 is 45.7 Å². The normalized spacial score (nSPS) is 10.6. The van der Waals surface area contributed by atoms with Gasteiger partial charge in [0, 0.05) is 28.9 Å². The van der Waals surface area contributed by atoms with Gasteiger partial charge in [-0.15, -0.1) is 0 Å². The molecule has 178 valence electrons. The fourth-order valence-electron chi connectivity index (χ4n) is 3.27. The van der Waals surface area contributed by atoms with E-state index < -0.39 is 10.8 Å². The van der Waals surface area contributed by atoms with Gasteiger partial charge in [0.2, 0.25) is 5.89 Å². The van der Waals surface area contributed by atoms with Crippen LogP contribution in [0.25, 0.3) is 22.6 Å². The van der Waals surface area contributed by atoms with Gasteiger partial charge in [-0.25, -0.2) is 4.98 Å². The third kappa shape index (κ3) is 5.36. The van der Waals surface area contributed by atoms with Gasteiger partial charge in [0.25, 0.3) is 5.91 Å². The number of benzene rings is 3. The predicted molar refractivity (Wildman–Crippen MR) is 134 cm³/mol. The Morgan fingerprint density at radius 3 is 2.60 bits per heavy atom. The van der Waals surface area contributed by atoms with Crippen LogP contribution in [0.2, 0.25) is 0 Å². The van der Waals surface area contributed by atoms with Gasteiger partial charge in [0.1, 0.15) is 11.3 Å². The van der Waals surface area contributed by atoms with Crippen molar-refractivity contribution in [3.05, 3.63) is 76.3 Å². The Hall–Kier alpha value is -4.51. The second-order valence-electron chi connectivity index (χ2n) is 7.21. The molecule has 1 aromatic heterocycles. The van der Waals surface area contributed by atoms with E-state index >= 15 is 0 Å². The maximum absolute atomic E-state index is 12.5. The summed E-state index contributed by atoms with van der Waals surface area (Å²) in [5.74, 6) is 0.639. The second-order valence-corrected chi connectivity index (χ2v) is 7.62. The Kier molecular flexibility index (Phi) is 6.88. The van der Waals surface area contributed by atoms with Crippen LogP contribution in [0.3, 0.4) is 0 Å². The molecule has 0 atom stereocenters. The van der Waals surface area contributed by atoms with Crippen LogP contribution in [-0.2, 0) is 0 Å². The number of aromatic nitrogens is 1. The first-order valence-electron chi connectivity index (χ1n) is 10.5. The number of fused-ring (bicyclic) bond motifs is 1. The summed E-state index contributed by atoms with van der Waals surface area (Å²) in [6.07, 6.45) is 0. The number of nitro groups is 1. The molecule has 1 amide bonds. The number of anilines is 1. The van der Waals surface area contributed by atoms with Gasteiger partial charge >= 0.3 is 5.69 Å². The number of nitrogens with zero attached hydrogens (tertiary/aromatic N) is 2. The van der Waals surface area contributed by atoms with Gasteiger partial charge in [-0.3, -0.25) is 20.2 Å². The summed E-state index contributed by atoms with van der Waals surface area (Å²) in [7, 11) is 1.59. The van der Waals surface area contributed by atoms with Crippen LogP contribution in [-0.4, -0.2) is 34.6 Å². The minimum Gasteiger partial charge on any atom is -0.497 e. The number of rotatable bonds is 7. The average molecular weight is 493 g/mol. The van der Waals surface area contributed by atoms with Crippen molar-refractivity contribution in [1.82, 2.24) is 10.3 Å². The maximum atomic E-state index is 12.5. The number of oxazole rings is 1. The van der Waals surface area contributed by atoms with E-state index in [2.05, 4.69) is 15.6 Å². The molecule has 0 fully saturated rings. The van der Waals surface area contributed by atoms with Crippen molar-refractivity contribution < 1.29 is 23.6 Å². The van der Waals surface area contributed by atoms with E-state index in [9.17, 15) is 14.9 Å². The highest BCUT2D eigenvalue weighted by Crippen LogP contribution is 2.29. The smallest absolute Gasteiger partial charge is 0.311 e. The zero-order valence-electron chi connectivity index (χ0n) is 18.7. The number of carbonyl (C=O) groups excluding carboxylic acids is 1. The first kappa shape index (κ1) is 23.6. The summed E-state index contributed by atoms with van der Waals surface area (Å²) in [6, 6.07) is 16.4. The van der Waals surface area contributed by atoms with E-state index in [1.165, 1.54) is 12.1 Å². The third-order valence-corrected chi connectivity index (χ3v) is 5.13. The lowest BCUT2D eigenvalue weighted by atomic mass is 10.1. The summed E-state index contributed by atoms with van der Waals surface area (Å²) in [5, 5.41) is 16.7. The molecule has 11 heteroatoms. The standard InChI is InChI=1S/C24H20N4O6S/c1-3-33-21-10-6-15(12-19(21)28(30)31)22(29)27-24(35)25-16-7-4-14(5-8-16)23-26-18-13-17(32-2)9-11-20(18)34-23/h4-13H,3H2,1-2H3,(H2,25,27,29,35). The quantitative estimate of drug-likeness (QED) is 0.209. The van der Waals surface area contributed by atoms with Crippen LogP contribution in [0.5, 0.6) is 11.5 Å². The number of thiocarbonyl (C=S) groups is 1. The monoisotopic (exact) mass is 492 g/mol. The van der Waals surface area contributed by atoms with Crippen LogP contribution in [0.1, 0.15) is 17.3 Å². The minimum absolute atomic E-state index is 0.0354. The number of amides is 1. The lowest BCUT2D eigenvalue weighted by Gasteiger charge is -2.10. The molecule has 0 saturated heterocycles. The van der Waals surface area contributed by atoms with Crippen LogP contribution in [0, 0.1) is 10.1 Å². The van der Waals surface area contributed by atoms with E-state index in [0.717, 1.165) is 11.6 Å². The first-order valence-corrected chi connectivity index (χ1v) is 10.9. The molecule has 10 nitrogen and oxygen atoms in total. The van der Waals surface area contributed by atoms with E-state index in [-0.39, 0.29) is 28.7 Å². The number of carbonyl (C=O) groups is 1. The highest BCUT2D eigenvalue weighted by Gasteiger charge is 2.19. The lowest BCUT2D eigenvalue weighted by molar-refractivity contribution is -0.385. The number of nitrogens with one attached hydrogen (secondary N) is 2. The maximum Gasteiger partial charge on any atom is 0.311 e. The van der Waals surface area contributed by atoms with Crippen molar-refractivity contribution in [1.29, 1.82) is 0 Å². The average Bonchev–Trinajstić information content (AvgIpc) is 3.28. The summed E-state index contributed by atoms with van der Waals surface area (Å²) in [5.41, 5.74) is 2.47. The number of hydrogen-bond donors (Lipinski definition) is 2. The van der Waals surface area contributed by atoms with Gasteiger partial charge in [-0.2, -0.15) is 0 Å². The topological polar surface area (TPSA) is 129 Å². The highest BCUT2D eigenvalue weighted by atomic mass is 32.1. The predicted octanol–water partition coefficient (Wildman–Crippen LogP) is 4.94. The number of methoxy groups -OCH3 is 1. The summed E-state index contributed by atoms with van der Waals surface area (Å²) < 4.78 is 16.2. The zero-order chi connectivity index (χ0) is 24.9. The molecule has 4 rings (SSSR count). The Morgan fingerprint density at radius 1 is 1.14 bits per heavy atom. The van der Waals surface area contributed by atoms with E-state index in [1.807, 2.05) is 0 Å². The van der Waals surface area contributed by atoms with Crippen LogP contribution >= 0.6 is 12.2 Å². The molecular formula is C24H20N4O6S. The fourth-order valence-corrected chi connectivity index (χ4v) is 3.48. The third-order valence-electron chi connectivity index (χ3n) is 4.93. The van der Waals surface area contributed by atoms with Gasteiger partial charge in [-0.1, -0.05) is 0 Å². The van der Waals surface area contributed by atoms with Gasteiger partial charge in [-0.05, 0) is 67.7 Å². The molecule has 0 aliphatic heterocycles. The molecule has 0 aliphatic carbocycles. The molecular weight excluding hydrogens is 472 g/mol. The van der Waals surface area contributed by atoms with Gasteiger partial charge in [0.15, 0.2) is 16.4 Å². The molecule has 0 spiro atoms. The van der Waals surface area contributed by atoms with Crippen molar-refractivity contribution in [3.63, 3.8) is 0 Å². The first-order chi connectivity index (χ1) is 16.9. The molecule has 0 bridgehead atoms. The number of ether oxygens (including phenoxy) is 2. The van der Waals surface area contributed by atoms with E-state index in [1.54, 1.807) is 56.5 Å². The molecule has 1 heterocycles. The van der Waals surface area contributed by atoms with Gasteiger partial charge in [0.05, 0.1) is 18.6 Å². The molecule has 2 N–H and O–H groups in total. The van der Waals surface area contributed by atoms with Crippen LogP contribution in [0.4, 0.5) is 11.4 Å². The summed E-state index contributed by atoms with van der Waals surface area (Å²) in [6.45, 7) is 1.98. The Bertz CT molecular complexity index is 1420. The minimum atomic E-state index is -0.604. The number of nitro benzene ring substituents is 1. The SMILES string of the molecule is CCOc1ccc(C(=O)NC(=S)Nc2ccc(-c3nc4cc(OC)ccc4o3)cc2)cc1[N+](=O)[O-]. The molecule has 35 heavy (non-hydrogen) atoms.